The number of para-hydroxylation sites is 1. The van der Waals surface area contributed by atoms with Crippen molar-refractivity contribution in [2.45, 2.75) is 46.2 Å². The lowest BCUT2D eigenvalue weighted by molar-refractivity contribution is 0.166. The number of nitrogens with one attached hydrogen (secondary N) is 1. The molecule has 1 atom stereocenters. The maximum Gasteiger partial charge on any atom is 0.322 e. The molecule has 0 bridgehead atoms. The quantitative estimate of drug-likeness (QED) is 0.399. The molecule has 3 aromatic rings. The number of anilines is 1. The molecule has 0 saturated carbocycles. The summed E-state index contributed by atoms with van der Waals surface area (Å²) in [6, 6.07) is 13.7. The molecule has 0 radical (unpaired) electrons. The third-order valence-electron chi connectivity index (χ3n) is 5.77. The fourth-order valence-electron chi connectivity index (χ4n) is 3.91. The van der Waals surface area contributed by atoms with Crippen molar-refractivity contribution < 1.29 is 9.53 Å². The van der Waals surface area contributed by atoms with E-state index in [2.05, 4.69) is 19.2 Å². The van der Waals surface area contributed by atoms with Gasteiger partial charge >= 0.3 is 6.03 Å². The molecule has 0 spiro atoms. The van der Waals surface area contributed by atoms with Gasteiger partial charge in [-0.05, 0) is 55.2 Å². The van der Waals surface area contributed by atoms with Gasteiger partial charge in [0.2, 0.25) is 0 Å². The first kappa shape index (κ1) is 25.7. The number of hydrogen-bond acceptors (Lipinski definition) is 4. The van der Waals surface area contributed by atoms with Crippen LogP contribution in [0, 0.1) is 5.92 Å². The van der Waals surface area contributed by atoms with Crippen molar-refractivity contribution >= 4 is 34.2 Å². The molecule has 182 valence electrons. The van der Waals surface area contributed by atoms with E-state index in [1.807, 2.05) is 25.1 Å². The standard InChI is InChI=1S/C26H33ClN4O3/c1-5-23(24-29-22-9-7-6-8-21(22)25(32)31(24)16-17-34-4)30(15-14-18(2)3)26(33)28-20-12-10-19(27)11-13-20/h6-13,18,23H,5,14-17H2,1-4H3,(H,28,33). The topological polar surface area (TPSA) is 76.5 Å². The average molecular weight is 485 g/mol. The number of hydrogen-bond donors (Lipinski definition) is 1. The predicted octanol–water partition coefficient (Wildman–Crippen LogP) is 5.73. The van der Waals surface area contributed by atoms with Gasteiger partial charge in [0.25, 0.3) is 5.56 Å². The van der Waals surface area contributed by atoms with E-state index in [1.54, 1.807) is 46.9 Å². The fraction of sp³-hybridized carbons (Fsp3) is 0.423. The number of halogens is 1. The van der Waals surface area contributed by atoms with Gasteiger partial charge in [-0.25, -0.2) is 9.78 Å². The SMILES string of the molecule is CCC(c1nc2ccccc2c(=O)n1CCOC)N(CCC(C)C)C(=O)Nc1ccc(Cl)cc1. The first-order chi connectivity index (χ1) is 16.3. The van der Waals surface area contributed by atoms with Gasteiger partial charge in [0, 0.05) is 24.4 Å². The summed E-state index contributed by atoms with van der Waals surface area (Å²) >= 11 is 6.00. The Kier molecular flexibility index (Phi) is 9.07. The Balaban J connectivity index is 2.06. The molecule has 3 rings (SSSR count). The highest BCUT2D eigenvalue weighted by atomic mass is 35.5. The Morgan fingerprint density at radius 3 is 2.53 bits per heavy atom. The van der Waals surface area contributed by atoms with Crippen molar-refractivity contribution in [1.29, 1.82) is 0 Å². The van der Waals surface area contributed by atoms with Gasteiger partial charge in [0.15, 0.2) is 0 Å². The molecule has 1 aromatic heterocycles. The maximum absolute atomic E-state index is 13.5. The molecule has 0 fully saturated rings. The van der Waals surface area contributed by atoms with E-state index in [0.717, 1.165) is 6.42 Å². The lowest BCUT2D eigenvalue weighted by Gasteiger charge is -2.33. The molecule has 0 aliphatic heterocycles. The molecular weight excluding hydrogens is 452 g/mol. The lowest BCUT2D eigenvalue weighted by atomic mass is 10.1. The fourth-order valence-corrected chi connectivity index (χ4v) is 4.03. The number of aromatic nitrogens is 2. The Morgan fingerprint density at radius 1 is 1.18 bits per heavy atom. The summed E-state index contributed by atoms with van der Waals surface area (Å²) in [6.07, 6.45) is 1.42. The van der Waals surface area contributed by atoms with Crippen LogP contribution in [0.3, 0.4) is 0 Å². The van der Waals surface area contributed by atoms with Crippen LogP contribution in [0.15, 0.2) is 53.3 Å². The highest BCUT2D eigenvalue weighted by Gasteiger charge is 2.28. The second-order valence-corrected chi connectivity index (χ2v) is 9.11. The second-order valence-electron chi connectivity index (χ2n) is 8.67. The largest absolute Gasteiger partial charge is 0.383 e. The van der Waals surface area contributed by atoms with Crippen LogP contribution < -0.4 is 10.9 Å². The van der Waals surface area contributed by atoms with Crippen molar-refractivity contribution in [2.24, 2.45) is 5.92 Å². The molecule has 1 N–H and O–H groups in total. The van der Waals surface area contributed by atoms with E-state index in [9.17, 15) is 9.59 Å². The zero-order valence-corrected chi connectivity index (χ0v) is 21.0. The minimum Gasteiger partial charge on any atom is -0.383 e. The number of urea groups is 1. The van der Waals surface area contributed by atoms with Crippen LogP contribution in [-0.4, -0.2) is 40.7 Å². The summed E-state index contributed by atoms with van der Waals surface area (Å²) in [5.74, 6) is 0.974. The van der Waals surface area contributed by atoms with E-state index in [1.165, 1.54) is 0 Å². The van der Waals surface area contributed by atoms with Crippen LogP contribution in [0.1, 0.15) is 45.5 Å². The lowest BCUT2D eigenvalue weighted by Crippen LogP contribution is -2.42. The summed E-state index contributed by atoms with van der Waals surface area (Å²) in [7, 11) is 1.60. The van der Waals surface area contributed by atoms with Crippen LogP contribution >= 0.6 is 11.6 Å². The molecule has 8 heteroatoms. The molecule has 0 saturated heterocycles. The smallest absolute Gasteiger partial charge is 0.322 e. The summed E-state index contributed by atoms with van der Waals surface area (Å²) < 4.78 is 6.92. The molecule has 34 heavy (non-hydrogen) atoms. The third-order valence-corrected chi connectivity index (χ3v) is 6.03. The van der Waals surface area contributed by atoms with Crippen molar-refractivity contribution in [2.75, 3.05) is 25.6 Å². The van der Waals surface area contributed by atoms with Crippen LogP contribution in [0.4, 0.5) is 10.5 Å². The summed E-state index contributed by atoms with van der Waals surface area (Å²) in [6.45, 7) is 7.51. The Hall–Kier alpha value is -2.90. The molecule has 2 aromatic carbocycles. The molecule has 1 heterocycles. The number of carbonyl (C=O) groups excluding carboxylic acids is 1. The zero-order valence-electron chi connectivity index (χ0n) is 20.3. The van der Waals surface area contributed by atoms with Gasteiger partial charge in [-0.3, -0.25) is 9.36 Å². The Bertz CT molecular complexity index is 1160. The molecule has 0 aliphatic rings. The highest BCUT2D eigenvalue weighted by Crippen LogP contribution is 2.26. The monoisotopic (exact) mass is 484 g/mol. The number of amides is 2. The third kappa shape index (κ3) is 6.15. The first-order valence-corrected chi connectivity index (χ1v) is 12.0. The first-order valence-electron chi connectivity index (χ1n) is 11.7. The van der Waals surface area contributed by atoms with Crippen molar-refractivity contribution in [1.82, 2.24) is 14.5 Å². The van der Waals surface area contributed by atoms with Gasteiger partial charge in [0.05, 0.1) is 30.1 Å². The number of benzene rings is 2. The van der Waals surface area contributed by atoms with Crippen LogP contribution in [0.2, 0.25) is 5.02 Å². The minimum absolute atomic E-state index is 0.127. The summed E-state index contributed by atoms with van der Waals surface area (Å²) in [5, 5.41) is 4.13. The van der Waals surface area contributed by atoms with Gasteiger partial charge in [0.1, 0.15) is 5.82 Å². The van der Waals surface area contributed by atoms with Gasteiger partial charge in [-0.2, -0.15) is 0 Å². The molecular formula is C26H33ClN4O3. The maximum atomic E-state index is 13.5. The number of methoxy groups -OCH3 is 1. The number of rotatable bonds is 10. The Labute approximate surface area is 205 Å². The van der Waals surface area contributed by atoms with Crippen LogP contribution in [-0.2, 0) is 11.3 Å². The van der Waals surface area contributed by atoms with E-state index < -0.39 is 0 Å². The zero-order chi connectivity index (χ0) is 24.7. The Morgan fingerprint density at radius 2 is 1.88 bits per heavy atom. The molecule has 0 aliphatic carbocycles. The number of ether oxygens (including phenoxy) is 1. The van der Waals surface area contributed by atoms with E-state index in [0.29, 0.717) is 59.5 Å². The van der Waals surface area contributed by atoms with E-state index >= 15 is 0 Å². The second kappa shape index (κ2) is 12.0. The van der Waals surface area contributed by atoms with Gasteiger partial charge in [-0.1, -0.05) is 44.5 Å². The van der Waals surface area contributed by atoms with Crippen LogP contribution in [0.5, 0.6) is 0 Å². The number of carbonyl (C=O) groups is 1. The van der Waals surface area contributed by atoms with Crippen molar-refractivity contribution in [3.8, 4) is 0 Å². The number of nitrogens with zero attached hydrogens (tertiary/aromatic N) is 3. The minimum atomic E-state index is -0.389. The van der Waals surface area contributed by atoms with Gasteiger partial charge < -0.3 is 15.0 Å². The van der Waals surface area contributed by atoms with Crippen molar-refractivity contribution in [3.05, 3.63) is 69.7 Å². The average Bonchev–Trinajstić information content (AvgIpc) is 2.82. The number of fused-ring (bicyclic) bond motifs is 1. The molecule has 7 nitrogen and oxygen atoms in total. The van der Waals surface area contributed by atoms with E-state index in [-0.39, 0.29) is 17.6 Å². The highest BCUT2D eigenvalue weighted by molar-refractivity contribution is 6.30. The van der Waals surface area contributed by atoms with Crippen LogP contribution in [0.25, 0.3) is 10.9 Å². The van der Waals surface area contributed by atoms with Gasteiger partial charge in [-0.15, -0.1) is 0 Å². The summed E-state index contributed by atoms with van der Waals surface area (Å²) in [5.41, 5.74) is 1.15. The molecule has 2 amide bonds. The predicted molar refractivity (Wildman–Crippen MR) is 138 cm³/mol. The van der Waals surface area contributed by atoms with E-state index in [4.69, 9.17) is 21.3 Å². The normalized spacial score (nSPS) is 12.2. The van der Waals surface area contributed by atoms with Crippen molar-refractivity contribution in [3.63, 3.8) is 0 Å². The molecule has 1 unspecified atom stereocenters. The summed E-state index contributed by atoms with van der Waals surface area (Å²) in [4.78, 5) is 33.6.